The first-order chi connectivity index (χ1) is 10.0. The first-order valence-electron chi connectivity index (χ1n) is 7.00. The molecule has 2 aromatic carbocycles. The zero-order chi connectivity index (χ0) is 15.0. The number of anilines is 1. The van der Waals surface area contributed by atoms with Gasteiger partial charge in [-0.3, -0.25) is 0 Å². The van der Waals surface area contributed by atoms with E-state index in [4.69, 9.17) is 23.2 Å². The fourth-order valence-corrected chi connectivity index (χ4v) is 3.29. The van der Waals surface area contributed by atoms with E-state index in [1.54, 1.807) is 12.1 Å². The molecule has 0 saturated heterocycles. The van der Waals surface area contributed by atoms with Crippen LogP contribution in [0.4, 0.5) is 10.1 Å². The van der Waals surface area contributed by atoms with Crippen molar-refractivity contribution in [3.05, 3.63) is 63.4 Å². The van der Waals surface area contributed by atoms with Gasteiger partial charge in [0.25, 0.3) is 0 Å². The monoisotopic (exact) mass is 323 g/mol. The summed E-state index contributed by atoms with van der Waals surface area (Å²) in [5.74, 6) is 0.0314. The van der Waals surface area contributed by atoms with Crippen LogP contribution in [0.5, 0.6) is 0 Å². The molecule has 1 aliphatic carbocycles. The van der Waals surface area contributed by atoms with Crippen molar-refractivity contribution < 1.29 is 4.39 Å². The molecule has 0 aromatic heterocycles. The van der Waals surface area contributed by atoms with Gasteiger partial charge in [0.15, 0.2) is 5.82 Å². The highest BCUT2D eigenvalue weighted by atomic mass is 35.5. The van der Waals surface area contributed by atoms with Crippen molar-refractivity contribution >= 4 is 28.9 Å². The Morgan fingerprint density at radius 1 is 1.10 bits per heavy atom. The lowest BCUT2D eigenvalue weighted by Gasteiger charge is -2.37. The zero-order valence-corrected chi connectivity index (χ0v) is 13.2. The molecular formula is C17H16Cl2FN. The van der Waals surface area contributed by atoms with Crippen LogP contribution in [0, 0.1) is 12.7 Å². The van der Waals surface area contributed by atoms with E-state index >= 15 is 0 Å². The van der Waals surface area contributed by atoms with E-state index in [9.17, 15) is 4.39 Å². The van der Waals surface area contributed by atoms with E-state index in [1.165, 1.54) is 11.1 Å². The van der Waals surface area contributed by atoms with Gasteiger partial charge in [-0.1, -0.05) is 53.0 Å². The summed E-state index contributed by atoms with van der Waals surface area (Å²) in [5, 5.41) is 3.48. The molecule has 0 spiro atoms. The summed E-state index contributed by atoms with van der Waals surface area (Å²) < 4.78 is 13.4. The lowest BCUT2D eigenvalue weighted by molar-refractivity contribution is 0.374. The minimum Gasteiger partial charge on any atom is -0.382 e. The van der Waals surface area contributed by atoms with E-state index in [-0.39, 0.29) is 10.0 Å². The van der Waals surface area contributed by atoms with Crippen LogP contribution >= 0.6 is 23.2 Å². The van der Waals surface area contributed by atoms with Crippen molar-refractivity contribution in [3.63, 3.8) is 0 Å². The van der Waals surface area contributed by atoms with Gasteiger partial charge in [-0.2, -0.15) is 0 Å². The molecule has 21 heavy (non-hydrogen) atoms. The molecule has 110 valence electrons. The average Bonchev–Trinajstić information content (AvgIpc) is 2.39. The topological polar surface area (TPSA) is 12.0 Å². The van der Waals surface area contributed by atoms with Gasteiger partial charge in [-0.05, 0) is 43.4 Å². The third-order valence-corrected chi connectivity index (χ3v) is 4.56. The fourth-order valence-electron chi connectivity index (χ4n) is 2.81. The number of nitrogens with one attached hydrogen (secondary N) is 1. The van der Waals surface area contributed by atoms with Crippen LogP contribution < -0.4 is 5.32 Å². The minimum atomic E-state index is -0.560. The summed E-state index contributed by atoms with van der Waals surface area (Å²) >= 11 is 11.6. The van der Waals surface area contributed by atoms with Crippen molar-refractivity contribution in [3.8, 4) is 0 Å². The van der Waals surface area contributed by atoms with Gasteiger partial charge in [0, 0.05) is 11.7 Å². The van der Waals surface area contributed by atoms with E-state index in [0.717, 1.165) is 18.5 Å². The molecule has 1 aliphatic rings. The summed E-state index contributed by atoms with van der Waals surface area (Å²) in [5.41, 5.74) is 3.46. The first kappa shape index (κ1) is 14.7. The Labute approximate surface area is 134 Å². The zero-order valence-electron chi connectivity index (χ0n) is 11.7. The summed E-state index contributed by atoms with van der Waals surface area (Å²) in [6, 6.07) is 12.2. The van der Waals surface area contributed by atoms with Crippen LogP contribution in [0.3, 0.4) is 0 Å². The number of hydrogen-bond acceptors (Lipinski definition) is 1. The Kier molecular flexibility index (Phi) is 4.10. The summed E-state index contributed by atoms with van der Waals surface area (Å²) in [7, 11) is 0. The van der Waals surface area contributed by atoms with E-state index in [2.05, 4.69) is 36.5 Å². The first-order valence-corrected chi connectivity index (χ1v) is 7.76. The van der Waals surface area contributed by atoms with Crippen LogP contribution in [0.2, 0.25) is 10.0 Å². The Morgan fingerprint density at radius 3 is 2.38 bits per heavy atom. The molecular weight excluding hydrogens is 308 g/mol. The lowest BCUT2D eigenvalue weighted by atomic mass is 9.75. The van der Waals surface area contributed by atoms with Crippen LogP contribution in [0.25, 0.3) is 0 Å². The number of hydrogen-bond donors (Lipinski definition) is 1. The van der Waals surface area contributed by atoms with E-state index < -0.39 is 5.82 Å². The number of aryl methyl sites for hydroxylation is 1. The highest BCUT2D eigenvalue weighted by Gasteiger charge is 2.30. The van der Waals surface area contributed by atoms with Crippen LogP contribution in [-0.4, -0.2) is 6.04 Å². The number of halogens is 3. The van der Waals surface area contributed by atoms with Crippen LogP contribution in [-0.2, 0) is 0 Å². The van der Waals surface area contributed by atoms with E-state index in [0.29, 0.717) is 12.0 Å². The number of benzene rings is 2. The predicted octanol–water partition coefficient (Wildman–Crippen LogP) is 5.80. The largest absolute Gasteiger partial charge is 0.382 e. The smallest absolute Gasteiger partial charge is 0.160 e. The highest BCUT2D eigenvalue weighted by Crippen LogP contribution is 2.39. The quantitative estimate of drug-likeness (QED) is 0.704. The van der Waals surface area contributed by atoms with Gasteiger partial charge in [-0.15, -0.1) is 0 Å². The molecule has 1 fully saturated rings. The molecule has 0 radical (unpaired) electrons. The maximum atomic E-state index is 13.4. The highest BCUT2D eigenvalue weighted by molar-refractivity contribution is 6.35. The minimum absolute atomic E-state index is 0.0551. The van der Waals surface area contributed by atoms with Crippen LogP contribution in [0.15, 0.2) is 36.4 Å². The Morgan fingerprint density at radius 2 is 1.76 bits per heavy atom. The maximum absolute atomic E-state index is 13.4. The third-order valence-electron chi connectivity index (χ3n) is 4.01. The van der Waals surface area contributed by atoms with Gasteiger partial charge in [0.05, 0.1) is 10.0 Å². The molecule has 1 saturated carbocycles. The molecule has 4 heteroatoms. The Balaban J connectivity index is 1.62. The van der Waals surface area contributed by atoms with Gasteiger partial charge in [0.2, 0.25) is 0 Å². The molecule has 0 atom stereocenters. The number of rotatable bonds is 3. The van der Waals surface area contributed by atoms with Crippen molar-refractivity contribution in [2.75, 3.05) is 5.32 Å². The van der Waals surface area contributed by atoms with Gasteiger partial charge >= 0.3 is 0 Å². The fraction of sp³-hybridized carbons (Fsp3) is 0.294. The van der Waals surface area contributed by atoms with E-state index in [1.807, 2.05) is 0 Å². The average molecular weight is 324 g/mol. The predicted molar refractivity (Wildman–Crippen MR) is 87.0 cm³/mol. The van der Waals surface area contributed by atoms with Crippen molar-refractivity contribution in [2.45, 2.75) is 31.7 Å². The summed E-state index contributed by atoms with van der Waals surface area (Å²) in [6.07, 6.45) is 2.13. The Hall–Kier alpha value is -1.25. The molecule has 0 unspecified atom stereocenters. The van der Waals surface area contributed by atoms with Gasteiger partial charge < -0.3 is 5.32 Å². The van der Waals surface area contributed by atoms with Crippen molar-refractivity contribution in [2.24, 2.45) is 0 Å². The second-order valence-corrected chi connectivity index (χ2v) is 6.49. The molecule has 3 rings (SSSR count). The standard InChI is InChI=1S/C17H16Cl2FN/c1-10-3-2-4-11(5-10)12-6-13(7-12)21-14-8-15(18)17(20)16(19)9-14/h2-5,8-9,12-13,21H,6-7H2,1H3. The molecule has 0 heterocycles. The molecule has 1 N–H and O–H groups in total. The lowest BCUT2D eigenvalue weighted by Crippen LogP contribution is -2.34. The second-order valence-electron chi connectivity index (χ2n) is 5.68. The van der Waals surface area contributed by atoms with Crippen molar-refractivity contribution in [1.82, 2.24) is 0 Å². The summed E-state index contributed by atoms with van der Waals surface area (Å²) in [4.78, 5) is 0. The molecule has 0 bridgehead atoms. The molecule has 1 nitrogen and oxygen atoms in total. The van der Waals surface area contributed by atoms with Crippen molar-refractivity contribution in [1.29, 1.82) is 0 Å². The Bertz CT molecular complexity index is 643. The molecule has 0 amide bonds. The SMILES string of the molecule is Cc1cccc(C2CC(Nc3cc(Cl)c(F)c(Cl)c3)C2)c1. The molecule has 0 aliphatic heterocycles. The third kappa shape index (κ3) is 3.17. The van der Waals surface area contributed by atoms with Gasteiger partial charge in [-0.25, -0.2) is 4.39 Å². The second kappa shape index (κ2) is 5.86. The summed E-state index contributed by atoms with van der Waals surface area (Å²) in [6.45, 7) is 2.11. The normalized spacial score (nSPS) is 21.0. The van der Waals surface area contributed by atoms with Crippen LogP contribution in [0.1, 0.15) is 29.9 Å². The molecule has 2 aromatic rings. The van der Waals surface area contributed by atoms with Gasteiger partial charge in [0.1, 0.15) is 0 Å². The maximum Gasteiger partial charge on any atom is 0.160 e.